The highest BCUT2D eigenvalue weighted by molar-refractivity contribution is 7.10. The smallest absolute Gasteiger partial charge is 0.325 e. The normalized spacial score (nSPS) is 29.3. The van der Waals surface area contributed by atoms with Gasteiger partial charge < -0.3 is 9.84 Å². The zero-order valence-corrected chi connectivity index (χ0v) is 12.8. The summed E-state index contributed by atoms with van der Waals surface area (Å²) in [7, 11) is 0. The highest BCUT2D eigenvalue weighted by atomic mass is 32.1. The molecule has 1 aromatic rings. The van der Waals surface area contributed by atoms with Crippen LogP contribution in [0.25, 0.3) is 0 Å². The number of carboxylic acids is 1. The van der Waals surface area contributed by atoms with Gasteiger partial charge in [-0.15, -0.1) is 11.3 Å². The molecule has 1 aromatic heterocycles. The molecule has 2 aliphatic rings. The van der Waals surface area contributed by atoms with Crippen molar-refractivity contribution in [1.82, 2.24) is 4.90 Å². The minimum Gasteiger partial charge on any atom is -0.480 e. The minimum atomic E-state index is -0.749. The van der Waals surface area contributed by atoms with Crippen molar-refractivity contribution in [3.63, 3.8) is 0 Å². The van der Waals surface area contributed by atoms with E-state index in [0.717, 1.165) is 37.9 Å². The lowest BCUT2D eigenvalue weighted by Gasteiger charge is -2.35. The van der Waals surface area contributed by atoms with Crippen LogP contribution in [0, 0.1) is 0 Å². The van der Waals surface area contributed by atoms with Crippen LogP contribution in [-0.2, 0) is 16.0 Å². The van der Waals surface area contributed by atoms with Crippen LogP contribution in [0.1, 0.15) is 43.2 Å². The number of hydrogen-bond donors (Lipinski definition) is 1. The lowest BCUT2D eigenvalue weighted by atomic mass is 9.99. The van der Waals surface area contributed by atoms with Crippen molar-refractivity contribution in [2.45, 2.75) is 50.9 Å². The van der Waals surface area contributed by atoms with Crippen LogP contribution in [0.15, 0.2) is 11.4 Å². The monoisotopic (exact) mass is 295 g/mol. The zero-order valence-electron chi connectivity index (χ0n) is 12.0. The number of nitrogens with zero attached hydrogens (tertiary/aromatic N) is 1. The van der Waals surface area contributed by atoms with Crippen LogP contribution in [0.5, 0.6) is 0 Å². The van der Waals surface area contributed by atoms with Gasteiger partial charge in [-0.25, -0.2) is 0 Å². The van der Waals surface area contributed by atoms with E-state index in [0.29, 0.717) is 0 Å². The number of carbonyl (C=O) groups is 1. The van der Waals surface area contributed by atoms with E-state index in [1.54, 1.807) is 11.3 Å². The van der Waals surface area contributed by atoms with Gasteiger partial charge in [-0.3, -0.25) is 9.69 Å². The van der Waals surface area contributed by atoms with Crippen LogP contribution in [0.2, 0.25) is 0 Å². The predicted molar refractivity (Wildman–Crippen MR) is 78.2 cm³/mol. The van der Waals surface area contributed by atoms with Gasteiger partial charge >= 0.3 is 5.97 Å². The maximum Gasteiger partial charge on any atom is 0.325 e. The van der Waals surface area contributed by atoms with E-state index in [2.05, 4.69) is 18.7 Å². The van der Waals surface area contributed by atoms with Crippen LogP contribution in [0.4, 0.5) is 0 Å². The summed E-state index contributed by atoms with van der Waals surface area (Å²) in [5, 5.41) is 11.6. The second-order valence-corrected chi connectivity index (χ2v) is 7.32. The number of aliphatic carboxylic acids is 1. The van der Waals surface area contributed by atoms with Crippen molar-refractivity contribution in [3.05, 3.63) is 21.9 Å². The minimum absolute atomic E-state index is 0.0628. The first-order valence-electron chi connectivity index (χ1n) is 7.17. The Bertz CT molecular complexity index is 511. The van der Waals surface area contributed by atoms with E-state index in [4.69, 9.17) is 4.74 Å². The topological polar surface area (TPSA) is 49.8 Å². The fraction of sp³-hybridized carbons (Fsp3) is 0.667. The lowest BCUT2D eigenvalue weighted by molar-refractivity contribution is -0.145. The third-order valence-corrected chi connectivity index (χ3v) is 5.29. The van der Waals surface area contributed by atoms with Crippen molar-refractivity contribution in [3.8, 4) is 0 Å². The summed E-state index contributed by atoms with van der Waals surface area (Å²) in [5.41, 5.74) is 0.915. The summed E-state index contributed by atoms with van der Waals surface area (Å²) in [6, 6.07) is 1.46. The first-order valence-corrected chi connectivity index (χ1v) is 8.05. The maximum atomic E-state index is 11.6. The summed E-state index contributed by atoms with van der Waals surface area (Å²) in [4.78, 5) is 14.9. The molecular formula is C15H21NO3S. The van der Waals surface area contributed by atoms with Gasteiger partial charge in [-0.2, -0.15) is 0 Å². The molecule has 4 nitrogen and oxygen atoms in total. The van der Waals surface area contributed by atoms with E-state index in [9.17, 15) is 9.90 Å². The molecule has 1 N–H and O–H groups in total. The average Bonchev–Trinajstić information content (AvgIpc) is 2.94. The van der Waals surface area contributed by atoms with Crippen LogP contribution < -0.4 is 0 Å². The largest absolute Gasteiger partial charge is 0.480 e. The number of hydrogen-bond acceptors (Lipinski definition) is 4. The van der Waals surface area contributed by atoms with E-state index in [1.807, 2.05) is 11.4 Å². The summed E-state index contributed by atoms with van der Waals surface area (Å²) >= 11 is 1.67. The van der Waals surface area contributed by atoms with Crippen molar-refractivity contribution in [1.29, 1.82) is 0 Å². The molecule has 0 aliphatic carbocycles. The summed E-state index contributed by atoms with van der Waals surface area (Å²) in [6.07, 6.45) is 3.18. The molecule has 2 aliphatic heterocycles. The molecule has 1 fully saturated rings. The Morgan fingerprint density at radius 2 is 2.40 bits per heavy atom. The number of rotatable bonds is 3. The quantitative estimate of drug-likeness (QED) is 0.931. The molecule has 0 aromatic carbocycles. The molecule has 110 valence electrons. The third kappa shape index (κ3) is 2.62. The second kappa shape index (κ2) is 5.13. The molecule has 1 saturated heterocycles. The van der Waals surface area contributed by atoms with Gasteiger partial charge in [-0.05, 0) is 50.1 Å². The zero-order chi connectivity index (χ0) is 14.3. The van der Waals surface area contributed by atoms with E-state index < -0.39 is 12.0 Å². The molecule has 5 heteroatoms. The fourth-order valence-corrected chi connectivity index (χ4v) is 4.23. The predicted octanol–water partition coefficient (Wildman–Crippen LogP) is 2.69. The summed E-state index contributed by atoms with van der Waals surface area (Å²) in [6.45, 7) is 5.74. The molecule has 20 heavy (non-hydrogen) atoms. The Balaban J connectivity index is 1.75. The SMILES string of the molecule is CC1(C)CCC(CN2CCc3sccc3C2C(=O)O)O1. The number of carboxylic acid groups (broad SMARTS) is 1. The van der Waals surface area contributed by atoms with Gasteiger partial charge in [0.15, 0.2) is 0 Å². The molecule has 0 radical (unpaired) electrons. The van der Waals surface area contributed by atoms with Crippen molar-refractivity contribution in [2.24, 2.45) is 0 Å². The molecule has 3 heterocycles. The molecule has 2 atom stereocenters. The Morgan fingerprint density at radius 1 is 1.60 bits per heavy atom. The maximum absolute atomic E-state index is 11.6. The first kappa shape index (κ1) is 14.0. The molecule has 0 amide bonds. The van der Waals surface area contributed by atoms with E-state index in [1.165, 1.54) is 4.88 Å². The molecular weight excluding hydrogens is 274 g/mol. The fourth-order valence-electron chi connectivity index (χ4n) is 3.32. The standard InChI is InChI=1S/C15H21NO3S/c1-15(2)6-3-10(19-15)9-16-7-4-12-11(5-8-20-12)13(16)14(17)18/h5,8,10,13H,3-4,6-7,9H2,1-2H3,(H,17,18). The van der Waals surface area contributed by atoms with Gasteiger partial charge in [0, 0.05) is 18.0 Å². The van der Waals surface area contributed by atoms with Crippen molar-refractivity contribution in [2.75, 3.05) is 13.1 Å². The second-order valence-electron chi connectivity index (χ2n) is 6.32. The number of fused-ring (bicyclic) bond motifs is 1. The molecule has 0 saturated carbocycles. The van der Waals surface area contributed by atoms with Gasteiger partial charge in [-0.1, -0.05) is 0 Å². The van der Waals surface area contributed by atoms with E-state index >= 15 is 0 Å². The lowest BCUT2D eigenvalue weighted by Crippen LogP contribution is -2.43. The van der Waals surface area contributed by atoms with Crippen molar-refractivity contribution >= 4 is 17.3 Å². The van der Waals surface area contributed by atoms with Gasteiger partial charge in [0.2, 0.25) is 0 Å². The Kier molecular flexibility index (Phi) is 3.60. The first-order chi connectivity index (χ1) is 9.46. The van der Waals surface area contributed by atoms with Gasteiger partial charge in [0.1, 0.15) is 6.04 Å². The Labute approximate surface area is 123 Å². The molecule has 3 rings (SSSR count). The molecule has 2 unspecified atom stereocenters. The highest BCUT2D eigenvalue weighted by Crippen LogP contribution is 2.36. The summed E-state index contributed by atoms with van der Waals surface area (Å²) < 4.78 is 6.02. The number of thiophene rings is 1. The Morgan fingerprint density at radius 3 is 3.05 bits per heavy atom. The van der Waals surface area contributed by atoms with Gasteiger partial charge in [0.25, 0.3) is 0 Å². The third-order valence-electron chi connectivity index (χ3n) is 4.29. The molecule has 0 bridgehead atoms. The highest BCUT2D eigenvalue weighted by Gasteiger charge is 2.38. The van der Waals surface area contributed by atoms with Crippen molar-refractivity contribution < 1.29 is 14.6 Å². The molecule has 0 spiro atoms. The van der Waals surface area contributed by atoms with Crippen LogP contribution in [0.3, 0.4) is 0 Å². The van der Waals surface area contributed by atoms with Crippen LogP contribution in [-0.4, -0.2) is 40.8 Å². The van der Waals surface area contributed by atoms with Crippen LogP contribution >= 0.6 is 11.3 Å². The number of ether oxygens (including phenoxy) is 1. The Hall–Kier alpha value is -0.910. The van der Waals surface area contributed by atoms with E-state index in [-0.39, 0.29) is 11.7 Å². The average molecular weight is 295 g/mol. The summed E-state index contributed by atoms with van der Waals surface area (Å²) in [5.74, 6) is -0.749. The van der Waals surface area contributed by atoms with Gasteiger partial charge in [0.05, 0.1) is 11.7 Å².